The van der Waals surface area contributed by atoms with E-state index in [1.165, 1.54) is 6.20 Å². The summed E-state index contributed by atoms with van der Waals surface area (Å²) < 4.78 is 7.14. The summed E-state index contributed by atoms with van der Waals surface area (Å²) in [6, 6.07) is 3.39. The molecule has 2 heterocycles. The fraction of sp³-hybridized carbons (Fsp3) is 0.200. The highest BCUT2D eigenvalue weighted by Gasteiger charge is 2.08. The van der Waals surface area contributed by atoms with E-state index in [1.54, 1.807) is 23.9 Å². The lowest BCUT2D eigenvalue weighted by atomic mass is 10.4. The van der Waals surface area contributed by atoms with Gasteiger partial charge in [-0.05, 0) is 13.0 Å². The largest absolute Gasteiger partial charge is 0.419 e. The van der Waals surface area contributed by atoms with Crippen LogP contribution in [0.3, 0.4) is 0 Å². The number of aromatic nitrogens is 3. The fourth-order valence-electron chi connectivity index (χ4n) is 1.31. The van der Waals surface area contributed by atoms with E-state index in [0.29, 0.717) is 22.5 Å². The molecular weight excluding hydrogens is 228 g/mol. The summed E-state index contributed by atoms with van der Waals surface area (Å²) in [5, 5.41) is 4.63. The van der Waals surface area contributed by atoms with E-state index in [9.17, 15) is 0 Å². The number of hydrogen-bond donors (Lipinski definition) is 1. The van der Waals surface area contributed by atoms with Crippen LogP contribution in [0.5, 0.6) is 11.8 Å². The smallest absolute Gasteiger partial charge is 0.244 e. The Morgan fingerprint density at radius 2 is 2.19 bits per heavy atom. The lowest BCUT2D eigenvalue weighted by Gasteiger charge is -2.06. The van der Waals surface area contributed by atoms with E-state index in [0.717, 1.165) is 5.69 Å². The number of nitrogens with two attached hydrogens (primary N) is 1. The van der Waals surface area contributed by atoms with E-state index in [2.05, 4.69) is 10.1 Å². The Morgan fingerprint density at radius 3 is 2.75 bits per heavy atom. The van der Waals surface area contributed by atoms with Gasteiger partial charge in [0, 0.05) is 19.3 Å². The normalized spacial score (nSPS) is 10.4. The van der Waals surface area contributed by atoms with Crippen LogP contribution in [0.2, 0.25) is 5.02 Å². The van der Waals surface area contributed by atoms with Crippen molar-refractivity contribution in [1.29, 1.82) is 0 Å². The summed E-state index contributed by atoms with van der Waals surface area (Å²) in [5.41, 5.74) is 6.99. The minimum atomic E-state index is 0.326. The summed E-state index contributed by atoms with van der Waals surface area (Å²) >= 11 is 5.74. The molecule has 0 aromatic carbocycles. The molecule has 0 atom stereocenters. The van der Waals surface area contributed by atoms with Crippen molar-refractivity contribution < 1.29 is 4.74 Å². The Balaban J connectivity index is 2.30. The summed E-state index contributed by atoms with van der Waals surface area (Å²) in [5.74, 6) is 0.909. The Bertz CT molecular complexity index is 524. The third kappa shape index (κ3) is 2.09. The fourth-order valence-corrected chi connectivity index (χ4v) is 1.48. The SMILES string of the molecule is Cc1cc(Oc2ncc(Cl)cc2N)n(C)n1. The number of anilines is 1. The molecule has 5 nitrogen and oxygen atoms in total. The van der Waals surface area contributed by atoms with E-state index in [-0.39, 0.29) is 0 Å². The summed E-state index contributed by atoms with van der Waals surface area (Å²) in [6.45, 7) is 1.88. The molecule has 2 aromatic heterocycles. The van der Waals surface area contributed by atoms with Crippen molar-refractivity contribution in [3.05, 3.63) is 29.0 Å². The van der Waals surface area contributed by atoms with Gasteiger partial charge in [0.1, 0.15) is 0 Å². The maximum Gasteiger partial charge on any atom is 0.244 e. The molecule has 0 aliphatic rings. The zero-order valence-electron chi connectivity index (χ0n) is 8.94. The van der Waals surface area contributed by atoms with Crippen LogP contribution >= 0.6 is 11.6 Å². The lowest BCUT2D eigenvalue weighted by Crippen LogP contribution is -1.99. The molecule has 0 aliphatic heterocycles. The van der Waals surface area contributed by atoms with Gasteiger partial charge in [-0.1, -0.05) is 11.6 Å². The predicted octanol–water partition coefficient (Wildman–Crippen LogP) is 2.15. The topological polar surface area (TPSA) is 66.0 Å². The van der Waals surface area contributed by atoms with Crippen LogP contribution in [0, 0.1) is 6.92 Å². The molecule has 16 heavy (non-hydrogen) atoms. The van der Waals surface area contributed by atoms with E-state index >= 15 is 0 Å². The highest BCUT2D eigenvalue weighted by molar-refractivity contribution is 6.30. The van der Waals surface area contributed by atoms with Crippen LogP contribution in [-0.4, -0.2) is 14.8 Å². The van der Waals surface area contributed by atoms with Gasteiger partial charge in [-0.15, -0.1) is 0 Å². The van der Waals surface area contributed by atoms with Crippen molar-refractivity contribution >= 4 is 17.3 Å². The molecule has 0 unspecified atom stereocenters. The van der Waals surface area contributed by atoms with Gasteiger partial charge in [0.25, 0.3) is 0 Å². The molecule has 2 aromatic rings. The highest BCUT2D eigenvalue weighted by Crippen LogP contribution is 2.26. The van der Waals surface area contributed by atoms with Gasteiger partial charge in [-0.3, -0.25) is 0 Å². The highest BCUT2D eigenvalue weighted by atomic mass is 35.5. The van der Waals surface area contributed by atoms with Gasteiger partial charge in [-0.25, -0.2) is 9.67 Å². The first-order chi connectivity index (χ1) is 7.56. The van der Waals surface area contributed by atoms with Crippen molar-refractivity contribution in [3.8, 4) is 11.8 Å². The molecule has 0 bridgehead atoms. The number of hydrogen-bond acceptors (Lipinski definition) is 4. The zero-order valence-corrected chi connectivity index (χ0v) is 9.69. The Hall–Kier alpha value is -1.75. The van der Waals surface area contributed by atoms with Crippen molar-refractivity contribution in [2.24, 2.45) is 7.05 Å². The van der Waals surface area contributed by atoms with Gasteiger partial charge >= 0.3 is 0 Å². The van der Waals surface area contributed by atoms with Gasteiger partial charge in [0.15, 0.2) is 0 Å². The van der Waals surface area contributed by atoms with Gasteiger partial charge in [0.2, 0.25) is 11.8 Å². The van der Waals surface area contributed by atoms with Crippen LogP contribution < -0.4 is 10.5 Å². The van der Waals surface area contributed by atoms with Crippen molar-refractivity contribution in [2.45, 2.75) is 6.92 Å². The second-order valence-electron chi connectivity index (χ2n) is 3.40. The molecule has 0 saturated carbocycles. The van der Waals surface area contributed by atoms with Crippen LogP contribution in [0.4, 0.5) is 5.69 Å². The molecule has 84 valence electrons. The van der Waals surface area contributed by atoms with Crippen LogP contribution in [-0.2, 0) is 7.05 Å². The maximum atomic E-state index is 5.74. The molecular formula is C10H11ClN4O. The van der Waals surface area contributed by atoms with Crippen LogP contribution in [0.25, 0.3) is 0 Å². The molecule has 0 aliphatic carbocycles. The van der Waals surface area contributed by atoms with Gasteiger partial charge in [-0.2, -0.15) is 5.10 Å². The Kier molecular flexibility index (Phi) is 2.70. The van der Waals surface area contributed by atoms with Gasteiger partial charge in [0.05, 0.1) is 16.4 Å². The Morgan fingerprint density at radius 1 is 1.44 bits per heavy atom. The molecule has 0 amide bonds. The molecule has 0 radical (unpaired) electrons. The third-order valence-electron chi connectivity index (χ3n) is 2.01. The molecule has 0 fully saturated rings. The number of halogens is 1. The van der Waals surface area contributed by atoms with Crippen molar-refractivity contribution in [3.63, 3.8) is 0 Å². The Labute approximate surface area is 97.8 Å². The lowest BCUT2D eigenvalue weighted by molar-refractivity contribution is 0.417. The predicted molar refractivity (Wildman–Crippen MR) is 61.7 cm³/mol. The first-order valence-corrected chi connectivity index (χ1v) is 5.03. The average molecular weight is 239 g/mol. The molecule has 2 N–H and O–H groups in total. The minimum Gasteiger partial charge on any atom is -0.419 e. The second-order valence-corrected chi connectivity index (χ2v) is 3.83. The number of nitrogens with zero attached hydrogens (tertiary/aromatic N) is 3. The van der Waals surface area contributed by atoms with Crippen molar-refractivity contribution in [2.75, 3.05) is 5.73 Å². The first-order valence-electron chi connectivity index (χ1n) is 4.66. The minimum absolute atomic E-state index is 0.326. The third-order valence-corrected chi connectivity index (χ3v) is 2.21. The maximum absolute atomic E-state index is 5.74. The second kappa shape index (κ2) is 4.02. The first kappa shape index (κ1) is 10.8. The van der Waals surface area contributed by atoms with Crippen LogP contribution in [0.15, 0.2) is 18.3 Å². The summed E-state index contributed by atoms with van der Waals surface area (Å²) in [4.78, 5) is 4.00. The number of pyridine rings is 1. The number of aryl methyl sites for hydroxylation is 2. The summed E-state index contributed by atoms with van der Waals surface area (Å²) in [7, 11) is 1.79. The standard InChI is InChI=1S/C10H11ClN4O/c1-6-3-9(15(2)14-6)16-10-8(12)4-7(11)5-13-10/h3-5H,12H2,1-2H3. The number of nitrogen functional groups attached to an aromatic ring is 1. The van der Waals surface area contributed by atoms with E-state index in [1.807, 2.05) is 6.92 Å². The van der Waals surface area contributed by atoms with Gasteiger partial charge < -0.3 is 10.5 Å². The number of ether oxygens (including phenoxy) is 1. The van der Waals surface area contributed by atoms with Crippen LogP contribution in [0.1, 0.15) is 5.69 Å². The number of rotatable bonds is 2. The molecule has 0 saturated heterocycles. The monoisotopic (exact) mass is 238 g/mol. The summed E-state index contributed by atoms with van der Waals surface area (Å²) in [6.07, 6.45) is 1.48. The van der Waals surface area contributed by atoms with Crippen molar-refractivity contribution in [1.82, 2.24) is 14.8 Å². The molecule has 6 heteroatoms. The average Bonchev–Trinajstić information content (AvgIpc) is 2.50. The quantitative estimate of drug-likeness (QED) is 0.871. The molecule has 0 spiro atoms. The van der Waals surface area contributed by atoms with E-state index in [4.69, 9.17) is 22.1 Å². The van der Waals surface area contributed by atoms with E-state index < -0.39 is 0 Å². The molecule has 2 rings (SSSR count). The zero-order chi connectivity index (χ0) is 11.7.